The normalized spacial score (nSPS) is 17.2. The summed E-state index contributed by atoms with van der Waals surface area (Å²) in [6.45, 7) is 7.55. The quantitative estimate of drug-likeness (QED) is 0.466. The Bertz CT molecular complexity index is 515. The largest absolute Gasteiger partial charge is 0.389 e. The van der Waals surface area contributed by atoms with E-state index >= 15 is 0 Å². The van der Waals surface area contributed by atoms with Gasteiger partial charge in [0.1, 0.15) is 6.10 Å². The fourth-order valence-corrected chi connectivity index (χ4v) is 4.97. The van der Waals surface area contributed by atoms with Gasteiger partial charge in [-0.1, -0.05) is 30.3 Å². The van der Waals surface area contributed by atoms with Crippen LogP contribution in [0.2, 0.25) is 0 Å². The molecule has 0 bridgehead atoms. The van der Waals surface area contributed by atoms with E-state index < -0.39 is 25.1 Å². The molecule has 0 aliphatic rings. The first-order valence-corrected chi connectivity index (χ1v) is 10.1. The summed E-state index contributed by atoms with van der Waals surface area (Å²) in [5, 5.41) is 20.8. The monoisotopic (exact) mass is 360 g/mol. The van der Waals surface area contributed by atoms with Crippen LogP contribution in [0, 0.1) is 0 Å². The minimum absolute atomic E-state index is 0.182. The Morgan fingerprint density at radius 2 is 1.58 bits per heavy atom. The van der Waals surface area contributed by atoms with Gasteiger partial charge in [0.25, 0.3) is 7.37 Å². The van der Waals surface area contributed by atoms with E-state index in [1.165, 1.54) is 0 Å². The van der Waals surface area contributed by atoms with E-state index in [0.717, 1.165) is 0 Å². The Kier molecular flexibility index (Phi) is 8.57. The summed E-state index contributed by atoms with van der Waals surface area (Å²) < 4.78 is 30.1. The number of hydrogen-bond acceptors (Lipinski definition) is 6. The standard InChI is InChI=1S/C17H29O6P/c1-5-21-17(4,22-6-2)24(20,23-7-3)13-15(18)16(19)14-11-9-8-10-12-14/h8-12,15-16,18-19H,5-7,13H2,1-4H3/t15-,16-,24?/m1/s1. The molecule has 0 amide bonds. The van der Waals surface area contributed by atoms with Crippen molar-refractivity contribution in [3.8, 4) is 0 Å². The predicted molar refractivity (Wildman–Crippen MR) is 93.2 cm³/mol. The first-order chi connectivity index (χ1) is 11.3. The van der Waals surface area contributed by atoms with Gasteiger partial charge in [0.2, 0.25) is 5.53 Å². The third-order valence-electron chi connectivity index (χ3n) is 3.71. The van der Waals surface area contributed by atoms with Gasteiger partial charge in [-0.2, -0.15) is 0 Å². The van der Waals surface area contributed by atoms with Crippen molar-refractivity contribution in [2.45, 2.75) is 45.4 Å². The van der Waals surface area contributed by atoms with Gasteiger partial charge in [0.05, 0.1) is 18.9 Å². The Balaban J connectivity index is 3.03. The van der Waals surface area contributed by atoms with E-state index in [1.807, 2.05) is 6.07 Å². The maximum absolute atomic E-state index is 13.4. The molecule has 0 fully saturated rings. The first kappa shape index (κ1) is 21.3. The van der Waals surface area contributed by atoms with Crippen molar-refractivity contribution < 1.29 is 28.8 Å². The van der Waals surface area contributed by atoms with Gasteiger partial charge in [-0.15, -0.1) is 0 Å². The van der Waals surface area contributed by atoms with Crippen LogP contribution in [0.5, 0.6) is 0 Å². The smallest absolute Gasteiger partial charge is 0.263 e. The minimum Gasteiger partial charge on any atom is -0.389 e. The minimum atomic E-state index is -3.56. The van der Waals surface area contributed by atoms with E-state index in [0.29, 0.717) is 5.56 Å². The zero-order valence-corrected chi connectivity index (χ0v) is 15.7. The molecule has 0 spiro atoms. The Labute approximate surface area is 144 Å². The van der Waals surface area contributed by atoms with Crippen LogP contribution in [0.25, 0.3) is 0 Å². The summed E-state index contributed by atoms with van der Waals surface area (Å²) in [6, 6.07) is 8.73. The van der Waals surface area contributed by atoms with Crippen molar-refractivity contribution >= 4 is 7.37 Å². The molecular formula is C17H29O6P. The van der Waals surface area contributed by atoms with Gasteiger partial charge in [0, 0.05) is 13.2 Å². The molecule has 0 radical (unpaired) electrons. The Hall–Kier alpha value is -0.750. The van der Waals surface area contributed by atoms with Gasteiger partial charge in [0.15, 0.2) is 0 Å². The second kappa shape index (κ2) is 9.66. The SMILES string of the molecule is CCOC(C)(OCC)P(=O)(C[C@@H](O)[C@H](O)c1ccccc1)OCC. The molecule has 0 aromatic heterocycles. The second-order valence-corrected chi connectivity index (χ2v) is 8.24. The van der Waals surface area contributed by atoms with Crippen molar-refractivity contribution in [3.63, 3.8) is 0 Å². The molecule has 24 heavy (non-hydrogen) atoms. The van der Waals surface area contributed by atoms with E-state index in [1.54, 1.807) is 52.0 Å². The average molecular weight is 360 g/mol. The molecule has 2 N–H and O–H groups in total. The van der Waals surface area contributed by atoms with Crippen molar-refractivity contribution in [2.24, 2.45) is 0 Å². The number of ether oxygens (including phenoxy) is 2. The summed E-state index contributed by atoms with van der Waals surface area (Å²) >= 11 is 0. The van der Waals surface area contributed by atoms with Gasteiger partial charge in [-0.3, -0.25) is 4.57 Å². The van der Waals surface area contributed by atoms with Crippen LogP contribution >= 0.6 is 7.37 Å². The molecule has 1 unspecified atom stereocenters. The molecule has 1 aromatic rings. The lowest BCUT2D eigenvalue weighted by atomic mass is 10.1. The highest BCUT2D eigenvalue weighted by Crippen LogP contribution is 2.61. The summed E-state index contributed by atoms with van der Waals surface area (Å²) in [5.74, 6) is 0. The lowest BCUT2D eigenvalue weighted by Gasteiger charge is -2.37. The van der Waals surface area contributed by atoms with Crippen LogP contribution in [0.15, 0.2) is 30.3 Å². The average Bonchev–Trinajstić information content (AvgIpc) is 2.55. The second-order valence-electron chi connectivity index (χ2n) is 5.46. The third kappa shape index (κ3) is 5.12. The number of aliphatic hydroxyl groups is 2. The molecule has 7 heteroatoms. The van der Waals surface area contributed by atoms with Crippen LogP contribution < -0.4 is 0 Å². The first-order valence-electron chi connectivity index (χ1n) is 8.26. The van der Waals surface area contributed by atoms with Crippen LogP contribution in [-0.2, 0) is 18.6 Å². The molecule has 1 aromatic carbocycles. The predicted octanol–water partition coefficient (Wildman–Crippen LogP) is 3.14. The highest BCUT2D eigenvalue weighted by molar-refractivity contribution is 7.60. The van der Waals surface area contributed by atoms with Gasteiger partial charge >= 0.3 is 0 Å². The molecule has 0 saturated heterocycles. The lowest BCUT2D eigenvalue weighted by molar-refractivity contribution is -0.168. The zero-order chi connectivity index (χ0) is 18.2. The lowest BCUT2D eigenvalue weighted by Crippen LogP contribution is -2.37. The van der Waals surface area contributed by atoms with Crippen molar-refractivity contribution in [1.82, 2.24) is 0 Å². The van der Waals surface area contributed by atoms with Gasteiger partial charge in [-0.25, -0.2) is 0 Å². The van der Waals surface area contributed by atoms with E-state index in [-0.39, 0.29) is 26.0 Å². The highest BCUT2D eigenvalue weighted by atomic mass is 31.2. The highest BCUT2D eigenvalue weighted by Gasteiger charge is 2.49. The molecule has 1 rings (SSSR count). The zero-order valence-electron chi connectivity index (χ0n) is 14.8. The Morgan fingerprint density at radius 1 is 1.04 bits per heavy atom. The van der Waals surface area contributed by atoms with Gasteiger partial charge in [-0.05, 0) is 33.3 Å². The summed E-state index contributed by atoms with van der Waals surface area (Å²) in [5.41, 5.74) is -0.924. The molecule has 0 aliphatic carbocycles. The fourth-order valence-electron chi connectivity index (χ4n) is 2.54. The van der Waals surface area contributed by atoms with Crippen LogP contribution in [0.1, 0.15) is 39.4 Å². The third-order valence-corrected chi connectivity index (χ3v) is 6.74. The van der Waals surface area contributed by atoms with Crippen LogP contribution in [-0.4, -0.2) is 47.8 Å². The number of hydrogen-bond donors (Lipinski definition) is 2. The summed E-state index contributed by atoms with van der Waals surface area (Å²) in [4.78, 5) is 0. The molecule has 3 atom stereocenters. The molecule has 0 saturated carbocycles. The van der Waals surface area contributed by atoms with E-state index in [2.05, 4.69) is 0 Å². The van der Waals surface area contributed by atoms with Crippen molar-refractivity contribution in [1.29, 1.82) is 0 Å². The number of benzene rings is 1. The van der Waals surface area contributed by atoms with E-state index in [9.17, 15) is 14.8 Å². The molecule has 0 heterocycles. The molecule has 0 aliphatic heterocycles. The molecule has 138 valence electrons. The topological polar surface area (TPSA) is 85.2 Å². The van der Waals surface area contributed by atoms with Crippen molar-refractivity contribution in [2.75, 3.05) is 26.0 Å². The van der Waals surface area contributed by atoms with Gasteiger partial charge < -0.3 is 24.2 Å². The molecule has 6 nitrogen and oxygen atoms in total. The Morgan fingerprint density at radius 3 is 2.04 bits per heavy atom. The fraction of sp³-hybridized carbons (Fsp3) is 0.647. The number of rotatable bonds is 11. The summed E-state index contributed by atoms with van der Waals surface area (Å²) in [7, 11) is -3.56. The number of aliphatic hydroxyl groups excluding tert-OH is 2. The molecular weight excluding hydrogens is 331 g/mol. The van der Waals surface area contributed by atoms with Crippen molar-refractivity contribution in [3.05, 3.63) is 35.9 Å². The maximum atomic E-state index is 13.4. The maximum Gasteiger partial charge on any atom is 0.263 e. The van der Waals surface area contributed by atoms with E-state index in [4.69, 9.17) is 14.0 Å². The van der Waals surface area contributed by atoms with Crippen LogP contribution in [0.3, 0.4) is 0 Å². The van der Waals surface area contributed by atoms with Crippen LogP contribution in [0.4, 0.5) is 0 Å². The summed E-state index contributed by atoms with van der Waals surface area (Å²) in [6.07, 6.45) is -2.72.